The fraction of sp³-hybridized carbons (Fsp3) is 0.600. The molecule has 2 nitrogen and oxygen atoms in total. The summed E-state index contributed by atoms with van der Waals surface area (Å²) in [5.74, 6) is 0. The van der Waals surface area contributed by atoms with Crippen molar-refractivity contribution >= 4 is 11.8 Å². The van der Waals surface area contributed by atoms with Crippen molar-refractivity contribution in [3.8, 4) is 0 Å². The molecule has 3 heteroatoms. The van der Waals surface area contributed by atoms with Crippen LogP contribution in [-0.4, -0.2) is 29.3 Å². The smallest absolute Gasteiger partial charge is 0.0564 e. The van der Waals surface area contributed by atoms with E-state index in [1.54, 1.807) is 11.8 Å². The third-order valence-electron chi connectivity index (χ3n) is 3.83. The number of aliphatic hydroxyl groups excluding tert-OH is 1. The molecule has 1 aromatic rings. The number of aliphatic hydroxyl groups is 1. The molecule has 100 valence electrons. The molecule has 0 fully saturated rings. The van der Waals surface area contributed by atoms with E-state index in [1.165, 1.54) is 36.0 Å². The van der Waals surface area contributed by atoms with Crippen LogP contribution in [-0.2, 0) is 19.4 Å². The average Bonchev–Trinajstić information content (AvgIpc) is 2.85. The lowest BCUT2D eigenvalue weighted by atomic mass is 10.1. The van der Waals surface area contributed by atoms with Crippen LogP contribution in [0.3, 0.4) is 0 Å². The van der Waals surface area contributed by atoms with Crippen molar-refractivity contribution in [3.63, 3.8) is 0 Å². The Hall–Kier alpha value is -0.510. The molecule has 0 saturated heterocycles. The van der Waals surface area contributed by atoms with Crippen molar-refractivity contribution in [2.75, 3.05) is 12.9 Å². The Labute approximate surface area is 114 Å². The van der Waals surface area contributed by atoms with Crippen molar-refractivity contribution in [2.45, 2.75) is 44.0 Å². The second-order valence-corrected chi connectivity index (χ2v) is 6.16. The van der Waals surface area contributed by atoms with Gasteiger partial charge in [-0.1, -0.05) is 18.2 Å². The SMILES string of the molecule is CSC(CO)C(C)NCc1ccc2c(c1)CCC2. The van der Waals surface area contributed by atoms with E-state index in [4.69, 9.17) is 0 Å². The van der Waals surface area contributed by atoms with E-state index in [9.17, 15) is 5.11 Å². The summed E-state index contributed by atoms with van der Waals surface area (Å²) in [7, 11) is 0. The Morgan fingerprint density at radius 1 is 1.33 bits per heavy atom. The van der Waals surface area contributed by atoms with Gasteiger partial charge in [0, 0.05) is 17.8 Å². The van der Waals surface area contributed by atoms with Crippen LogP contribution in [0.5, 0.6) is 0 Å². The highest BCUT2D eigenvalue weighted by Crippen LogP contribution is 2.22. The molecule has 2 unspecified atom stereocenters. The molecule has 1 aromatic carbocycles. The maximum absolute atomic E-state index is 9.26. The van der Waals surface area contributed by atoms with E-state index < -0.39 is 0 Å². The fourth-order valence-corrected chi connectivity index (χ4v) is 3.24. The van der Waals surface area contributed by atoms with Crippen LogP contribution < -0.4 is 5.32 Å². The van der Waals surface area contributed by atoms with Crippen LogP contribution in [0.4, 0.5) is 0 Å². The summed E-state index contributed by atoms with van der Waals surface area (Å²) in [5, 5.41) is 13.0. The van der Waals surface area contributed by atoms with E-state index in [2.05, 4.69) is 36.7 Å². The molecule has 18 heavy (non-hydrogen) atoms. The number of nitrogens with one attached hydrogen (secondary N) is 1. The summed E-state index contributed by atoms with van der Waals surface area (Å²) in [6.07, 6.45) is 5.84. The lowest BCUT2D eigenvalue weighted by Gasteiger charge is -2.21. The van der Waals surface area contributed by atoms with E-state index in [0.29, 0.717) is 6.04 Å². The zero-order chi connectivity index (χ0) is 13.0. The summed E-state index contributed by atoms with van der Waals surface area (Å²) < 4.78 is 0. The normalized spacial score (nSPS) is 17.5. The minimum atomic E-state index is 0.236. The van der Waals surface area contributed by atoms with E-state index in [0.717, 1.165) is 6.54 Å². The minimum absolute atomic E-state index is 0.236. The molecule has 0 aliphatic heterocycles. The highest BCUT2D eigenvalue weighted by molar-refractivity contribution is 7.99. The number of hydrogen-bond donors (Lipinski definition) is 2. The topological polar surface area (TPSA) is 32.3 Å². The molecule has 0 radical (unpaired) electrons. The number of thioether (sulfide) groups is 1. The fourth-order valence-electron chi connectivity index (χ4n) is 2.58. The van der Waals surface area contributed by atoms with Crippen LogP contribution in [0, 0.1) is 0 Å². The van der Waals surface area contributed by atoms with Crippen molar-refractivity contribution in [1.82, 2.24) is 5.32 Å². The number of rotatable bonds is 6. The molecular weight excluding hydrogens is 242 g/mol. The Bertz CT molecular complexity index is 390. The number of hydrogen-bond acceptors (Lipinski definition) is 3. The second-order valence-electron chi connectivity index (χ2n) is 5.08. The lowest BCUT2D eigenvalue weighted by Crippen LogP contribution is -2.37. The second kappa shape index (κ2) is 6.60. The predicted octanol–water partition coefficient (Wildman–Crippen LogP) is 2.38. The first-order chi connectivity index (χ1) is 8.74. The molecule has 0 aromatic heterocycles. The number of benzene rings is 1. The van der Waals surface area contributed by atoms with Gasteiger partial charge in [0.2, 0.25) is 0 Å². The quantitative estimate of drug-likeness (QED) is 0.828. The summed E-state index contributed by atoms with van der Waals surface area (Å²) in [6.45, 7) is 3.27. The molecule has 1 aliphatic rings. The molecule has 2 rings (SSSR count). The van der Waals surface area contributed by atoms with Crippen LogP contribution in [0.15, 0.2) is 18.2 Å². The van der Waals surface area contributed by atoms with Gasteiger partial charge in [0.25, 0.3) is 0 Å². The minimum Gasteiger partial charge on any atom is -0.395 e. The number of fused-ring (bicyclic) bond motifs is 1. The van der Waals surface area contributed by atoms with Crippen LogP contribution in [0.25, 0.3) is 0 Å². The Morgan fingerprint density at radius 3 is 2.83 bits per heavy atom. The molecular formula is C15H23NOS. The monoisotopic (exact) mass is 265 g/mol. The Morgan fingerprint density at radius 2 is 2.11 bits per heavy atom. The van der Waals surface area contributed by atoms with E-state index in [-0.39, 0.29) is 11.9 Å². The van der Waals surface area contributed by atoms with Crippen LogP contribution >= 0.6 is 11.8 Å². The molecule has 2 N–H and O–H groups in total. The summed E-state index contributed by atoms with van der Waals surface area (Å²) in [6, 6.07) is 7.19. The third kappa shape index (κ3) is 3.28. The van der Waals surface area contributed by atoms with Gasteiger partial charge in [-0.25, -0.2) is 0 Å². The van der Waals surface area contributed by atoms with Gasteiger partial charge in [-0.3, -0.25) is 0 Å². The maximum atomic E-state index is 9.26. The molecule has 0 bridgehead atoms. The average molecular weight is 265 g/mol. The van der Waals surface area contributed by atoms with E-state index in [1.807, 2.05) is 0 Å². The van der Waals surface area contributed by atoms with Crippen LogP contribution in [0.1, 0.15) is 30.0 Å². The van der Waals surface area contributed by atoms with E-state index >= 15 is 0 Å². The van der Waals surface area contributed by atoms with Gasteiger partial charge in [-0.05, 0) is 49.1 Å². The summed E-state index contributed by atoms with van der Waals surface area (Å²) >= 11 is 1.72. The molecule has 1 aliphatic carbocycles. The molecule has 0 spiro atoms. The standard InChI is InChI=1S/C15H23NOS/c1-11(15(10-17)18-2)16-9-12-6-7-13-4-3-5-14(13)8-12/h6-8,11,15-17H,3-5,9-10H2,1-2H3. The first-order valence-corrected chi connectivity index (χ1v) is 8.01. The van der Waals surface area contributed by atoms with Crippen molar-refractivity contribution < 1.29 is 5.11 Å². The first-order valence-electron chi connectivity index (χ1n) is 6.72. The van der Waals surface area contributed by atoms with Crippen molar-refractivity contribution in [3.05, 3.63) is 34.9 Å². The van der Waals surface area contributed by atoms with Gasteiger partial charge in [0.05, 0.1) is 6.61 Å². The largest absolute Gasteiger partial charge is 0.395 e. The van der Waals surface area contributed by atoms with Crippen LogP contribution in [0.2, 0.25) is 0 Å². The predicted molar refractivity (Wildman–Crippen MR) is 79.2 cm³/mol. The highest BCUT2D eigenvalue weighted by Gasteiger charge is 2.15. The zero-order valence-electron chi connectivity index (χ0n) is 11.3. The van der Waals surface area contributed by atoms with Gasteiger partial charge in [0.15, 0.2) is 0 Å². The summed E-state index contributed by atoms with van der Waals surface area (Å²) in [4.78, 5) is 0. The third-order valence-corrected chi connectivity index (χ3v) is 4.99. The first kappa shape index (κ1) is 13.9. The Kier molecular flexibility index (Phi) is 5.10. The number of aryl methyl sites for hydroxylation is 2. The van der Waals surface area contributed by atoms with Gasteiger partial charge in [-0.2, -0.15) is 11.8 Å². The van der Waals surface area contributed by atoms with Gasteiger partial charge in [0.1, 0.15) is 0 Å². The Balaban J connectivity index is 1.90. The van der Waals surface area contributed by atoms with Crippen molar-refractivity contribution in [2.24, 2.45) is 0 Å². The van der Waals surface area contributed by atoms with Gasteiger partial charge >= 0.3 is 0 Å². The molecule has 0 amide bonds. The molecule has 0 heterocycles. The molecule has 2 atom stereocenters. The molecule has 0 saturated carbocycles. The van der Waals surface area contributed by atoms with Gasteiger partial charge < -0.3 is 10.4 Å². The zero-order valence-corrected chi connectivity index (χ0v) is 12.1. The lowest BCUT2D eigenvalue weighted by molar-refractivity contribution is 0.276. The summed E-state index contributed by atoms with van der Waals surface area (Å²) in [5.41, 5.74) is 4.43. The highest BCUT2D eigenvalue weighted by atomic mass is 32.2. The maximum Gasteiger partial charge on any atom is 0.0564 e. The van der Waals surface area contributed by atoms with Crippen molar-refractivity contribution in [1.29, 1.82) is 0 Å². The van der Waals surface area contributed by atoms with Gasteiger partial charge in [-0.15, -0.1) is 0 Å².